The molecule has 0 amide bonds. The number of carbonyl (C=O) groups is 1. The zero-order chi connectivity index (χ0) is 12.1. The summed E-state index contributed by atoms with van der Waals surface area (Å²) in [6, 6.07) is 17.3. The fourth-order valence-electron chi connectivity index (χ4n) is 1.69. The minimum absolute atomic E-state index is 0.145. The highest BCUT2D eigenvalue weighted by Gasteiger charge is 2.06. The van der Waals surface area contributed by atoms with E-state index in [-0.39, 0.29) is 5.78 Å². The van der Waals surface area contributed by atoms with Crippen molar-refractivity contribution in [1.82, 2.24) is 0 Å². The summed E-state index contributed by atoms with van der Waals surface area (Å²) < 4.78 is 0. The monoisotopic (exact) mass is 222 g/mol. The van der Waals surface area contributed by atoms with Gasteiger partial charge in [-0.2, -0.15) is 0 Å². The lowest BCUT2D eigenvalue weighted by Crippen LogP contribution is -2.03. The van der Waals surface area contributed by atoms with Gasteiger partial charge < -0.3 is 0 Å². The number of hydrogen-bond acceptors (Lipinski definition) is 1. The highest BCUT2D eigenvalue weighted by Crippen LogP contribution is 2.09. The van der Waals surface area contributed by atoms with Crippen LogP contribution in [-0.2, 0) is 6.42 Å². The van der Waals surface area contributed by atoms with Crippen LogP contribution in [0.5, 0.6) is 0 Å². The van der Waals surface area contributed by atoms with Crippen LogP contribution in [0, 0.1) is 0 Å². The van der Waals surface area contributed by atoms with Gasteiger partial charge in [-0.25, -0.2) is 0 Å². The highest BCUT2D eigenvalue weighted by molar-refractivity contribution is 5.97. The molecule has 1 nitrogen and oxygen atoms in total. The van der Waals surface area contributed by atoms with Gasteiger partial charge >= 0.3 is 0 Å². The Morgan fingerprint density at radius 2 is 1.65 bits per heavy atom. The number of rotatable bonds is 4. The van der Waals surface area contributed by atoms with Crippen LogP contribution >= 0.6 is 0 Å². The van der Waals surface area contributed by atoms with Crippen molar-refractivity contribution >= 4 is 11.9 Å². The minimum Gasteiger partial charge on any atom is -0.294 e. The average Bonchev–Trinajstić information content (AvgIpc) is 2.40. The summed E-state index contributed by atoms with van der Waals surface area (Å²) in [6.45, 7) is 3.69. The minimum atomic E-state index is 0.145. The predicted octanol–water partition coefficient (Wildman–Crippen LogP) is 3.76. The Labute approximate surface area is 101 Å². The molecule has 0 aliphatic rings. The summed E-state index contributed by atoms with van der Waals surface area (Å²) in [7, 11) is 0. The summed E-state index contributed by atoms with van der Waals surface area (Å²) in [4.78, 5) is 12.0. The van der Waals surface area contributed by atoms with Crippen molar-refractivity contribution in [3.05, 3.63) is 77.9 Å². The molecule has 0 heterocycles. The third-order valence-corrected chi connectivity index (χ3v) is 2.68. The van der Waals surface area contributed by atoms with Gasteiger partial charge in [-0.05, 0) is 11.1 Å². The van der Waals surface area contributed by atoms with Crippen molar-refractivity contribution in [2.24, 2.45) is 0 Å². The van der Waals surface area contributed by atoms with E-state index in [0.717, 1.165) is 16.7 Å². The Morgan fingerprint density at radius 3 is 2.24 bits per heavy atom. The molecule has 0 unspecified atom stereocenters. The summed E-state index contributed by atoms with van der Waals surface area (Å²) in [5, 5.41) is 0. The molecule has 0 spiro atoms. The van der Waals surface area contributed by atoms with Gasteiger partial charge in [0.25, 0.3) is 0 Å². The molecule has 0 saturated carbocycles. The number of carbonyl (C=O) groups excluding carboxylic acids is 1. The maximum Gasteiger partial charge on any atom is 0.167 e. The second-order valence-corrected chi connectivity index (χ2v) is 3.91. The van der Waals surface area contributed by atoms with Crippen LogP contribution in [0.3, 0.4) is 0 Å². The molecule has 84 valence electrons. The molecule has 17 heavy (non-hydrogen) atoms. The molecule has 2 aromatic carbocycles. The molecule has 1 heteroatoms. The second kappa shape index (κ2) is 5.26. The molecule has 0 aliphatic carbocycles. The zero-order valence-electron chi connectivity index (χ0n) is 9.60. The van der Waals surface area contributed by atoms with E-state index in [4.69, 9.17) is 0 Å². The Balaban J connectivity index is 2.12. The SMILES string of the molecule is C=Cc1ccc(C(=O)Cc2ccccc2)cc1. The van der Waals surface area contributed by atoms with Crippen molar-refractivity contribution in [3.8, 4) is 0 Å². The molecular formula is C16H14O. The van der Waals surface area contributed by atoms with Crippen LogP contribution in [-0.4, -0.2) is 5.78 Å². The summed E-state index contributed by atoms with van der Waals surface area (Å²) in [5.74, 6) is 0.145. The lowest BCUT2D eigenvalue weighted by molar-refractivity contribution is 0.0993. The maximum atomic E-state index is 12.0. The molecular weight excluding hydrogens is 208 g/mol. The fourth-order valence-corrected chi connectivity index (χ4v) is 1.69. The van der Waals surface area contributed by atoms with Gasteiger partial charge in [-0.1, -0.05) is 67.3 Å². The lowest BCUT2D eigenvalue weighted by atomic mass is 10.0. The quantitative estimate of drug-likeness (QED) is 0.720. The smallest absolute Gasteiger partial charge is 0.167 e. The van der Waals surface area contributed by atoms with Gasteiger partial charge in [-0.3, -0.25) is 4.79 Å². The molecule has 0 N–H and O–H groups in total. The topological polar surface area (TPSA) is 17.1 Å². The van der Waals surface area contributed by atoms with E-state index < -0.39 is 0 Å². The van der Waals surface area contributed by atoms with Gasteiger partial charge in [0, 0.05) is 12.0 Å². The Bertz CT molecular complexity index is 509. The number of benzene rings is 2. The van der Waals surface area contributed by atoms with Crippen LogP contribution < -0.4 is 0 Å². The largest absolute Gasteiger partial charge is 0.294 e. The van der Waals surface area contributed by atoms with E-state index in [1.54, 1.807) is 6.08 Å². The summed E-state index contributed by atoms with van der Waals surface area (Å²) >= 11 is 0. The number of Topliss-reactive ketones (excluding diaryl/α,β-unsaturated/α-hetero) is 1. The van der Waals surface area contributed by atoms with Gasteiger partial charge in [0.2, 0.25) is 0 Å². The molecule has 0 radical (unpaired) electrons. The van der Waals surface area contributed by atoms with Crippen LogP contribution in [0.4, 0.5) is 0 Å². The van der Waals surface area contributed by atoms with Crippen molar-refractivity contribution in [3.63, 3.8) is 0 Å². The molecule has 0 saturated heterocycles. The Morgan fingerprint density at radius 1 is 1.00 bits per heavy atom. The standard InChI is InChI=1S/C16H14O/c1-2-13-8-10-15(11-9-13)16(17)12-14-6-4-3-5-7-14/h2-11H,1,12H2. The van der Waals surface area contributed by atoms with Gasteiger partial charge in [0.15, 0.2) is 5.78 Å². The third kappa shape index (κ3) is 2.91. The van der Waals surface area contributed by atoms with E-state index in [1.807, 2.05) is 54.6 Å². The zero-order valence-corrected chi connectivity index (χ0v) is 9.60. The first kappa shape index (κ1) is 11.3. The molecule has 0 aromatic heterocycles. The van der Waals surface area contributed by atoms with Gasteiger partial charge in [0.05, 0.1) is 0 Å². The first-order chi connectivity index (χ1) is 8.29. The maximum absolute atomic E-state index is 12.0. The van der Waals surface area contributed by atoms with E-state index in [0.29, 0.717) is 6.42 Å². The molecule has 0 fully saturated rings. The Hall–Kier alpha value is -2.15. The lowest BCUT2D eigenvalue weighted by Gasteiger charge is -2.02. The average molecular weight is 222 g/mol. The summed E-state index contributed by atoms with van der Waals surface area (Å²) in [6.07, 6.45) is 2.22. The van der Waals surface area contributed by atoms with Crippen LogP contribution in [0.2, 0.25) is 0 Å². The van der Waals surface area contributed by atoms with E-state index in [9.17, 15) is 4.79 Å². The molecule has 2 aromatic rings. The molecule has 0 atom stereocenters. The van der Waals surface area contributed by atoms with Crippen molar-refractivity contribution in [1.29, 1.82) is 0 Å². The van der Waals surface area contributed by atoms with Crippen molar-refractivity contribution in [2.45, 2.75) is 6.42 Å². The molecule has 2 rings (SSSR count). The first-order valence-corrected chi connectivity index (χ1v) is 5.59. The van der Waals surface area contributed by atoms with Gasteiger partial charge in [0.1, 0.15) is 0 Å². The predicted molar refractivity (Wildman–Crippen MR) is 71.0 cm³/mol. The highest BCUT2D eigenvalue weighted by atomic mass is 16.1. The Kier molecular flexibility index (Phi) is 3.51. The second-order valence-electron chi connectivity index (χ2n) is 3.91. The molecule has 0 bridgehead atoms. The van der Waals surface area contributed by atoms with E-state index >= 15 is 0 Å². The summed E-state index contributed by atoms with van der Waals surface area (Å²) in [5.41, 5.74) is 2.83. The van der Waals surface area contributed by atoms with E-state index in [1.165, 1.54) is 0 Å². The third-order valence-electron chi connectivity index (χ3n) is 2.68. The first-order valence-electron chi connectivity index (χ1n) is 5.59. The van der Waals surface area contributed by atoms with Crippen LogP contribution in [0.25, 0.3) is 6.08 Å². The van der Waals surface area contributed by atoms with Gasteiger partial charge in [-0.15, -0.1) is 0 Å². The fraction of sp³-hybridized carbons (Fsp3) is 0.0625. The van der Waals surface area contributed by atoms with Crippen LogP contribution in [0.1, 0.15) is 21.5 Å². The number of hydrogen-bond donors (Lipinski definition) is 0. The van der Waals surface area contributed by atoms with Crippen LogP contribution in [0.15, 0.2) is 61.2 Å². The van der Waals surface area contributed by atoms with Crippen molar-refractivity contribution < 1.29 is 4.79 Å². The number of ketones is 1. The normalized spacial score (nSPS) is 9.88. The van der Waals surface area contributed by atoms with Crippen molar-refractivity contribution in [2.75, 3.05) is 0 Å². The van der Waals surface area contributed by atoms with E-state index in [2.05, 4.69) is 6.58 Å². The molecule has 0 aliphatic heterocycles.